The van der Waals surface area contributed by atoms with E-state index in [1.165, 1.54) is 27.7 Å². The van der Waals surface area contributed by atoms with Crippen molar-refractivity contribution in [3.05, 3.63) is 0 Å². The molecule has 8 nitrogen and oxygen atoms in total. The first-order chi connectivity index (χ1) is 8.25. The quantitative estimate of drug-likeness (QED) is 0.232. The molecule has 0 aliphatic carbocycles. The van der Waals surface area contributed by atoms with Crippen LogP contribution in [-0.4, -0.2) is 23.6 Å². The van der Waals surface area contributed by atoms with Gasteiger partial charge in [0, 0.05) is 0 Å². The Balaban J connectivity index is -0.000000116. The average Bonchev–Trinajstić information content (AvgIpc) is 2.15. The maximum Gasteiger partial charge on any atom is -1.00 e. The fraction of sp³-hybridized carbons (Fsp3) is 0.500. The smallest absolute Gasteiger partial charge is 1.00 e. The number of halogens is 2. The second-order valence-corrected chi connectivity index (χ2v) is 8.36. The first-order valence-electron chi connectivity index (χ1n) is 4.82. The first kappa shape index (κ1) is 27.8. The molecule has 20 heavy (non-hydrogen) atoms. The van der Waals surface area contributed by atoms with Crippen LogP contribution in [0.4, 0.5) is 0 Å². The summed E-state index contributed by atoms with van der Waals surface area (Å²) in [5.41, 5.74) is 0. The van der Waals surface area contributed by atoms with Gasteiger partial charge in [-0.3, -0.25) is 0 Å². The molecule has 0 aliphatic heterocycles. The molecule has 0 aliphatic rings. The molecule has 0 atom stereocenters. The third-order valence-electron chi connectivity index (χ3n) is 0.954. The Hall–Kier alpha value is -0.520. The fourth-order valence-electron chi connectivity index (χ4n) is 0.415. The number of carbonyl (C=O) groups is 4. The van der Waals surface area contributed by atoms with Crippen LogP contribution in [0.3, 0.4) is 0 Å². The average molecular weight is 627 g/mol. The van der Waals surface area contributed by atoms with Crippen LogP contribution in [0.25, 0.3) is 0 Å². The summed E-state index contributed by atoms with van der Waals surface area (Å²) in [4.78, 5) is 40.8. The minimum atomic E-state index is -1.32. The standard InChI is InChI=1S/4C2H5NO.2FH.2Hf/c4*1-2(3)4;;;;/h4*1H3,(H2,3,4);2*1H;;/q;;;;;;2*+3/p-6. The molecule has 12 heteroatoms. The second-order valence-electron chi connectivity index (χ2n) is 2.97. The van der Waals surface area contributed by atoms with E-state index in [1.807, 2.05) is 0 Å². The SMILES string of the molecule is CC(=O)[NH][Hf+][NH]C(C)=O.CC(=O)[NH][Hf+][NH]C(C)=O.[F-].[F-]. The topological polar surface area (TPSA) is 116 Å². The van der Waals surface area contributed by atoms with Gasteiger partial charge in [-0.25, -0.2) is 0 Å². The van der Waals surface area contributed by atoms with Gasteiger partial charge in [0.25, 0.3) is 0 Å². The van der Waals surface area contributed by atoms with Gasteiger partial charge in [-0.05, 0) is 0 Å². The van der Waals surface area contributed by atoms with Crippen molar-refractivity contribution < 1.29 is 75.6 Å². The molecule has 0 saturated carbocycles. The van der Waals surface area contributed by atoms with Crippen molar-refractivity contribution in [2.24, 2.45) is 0 Å². The molecule has 0 aromatic rings. The molecule has 0 aromatic heterocycles. The van der Waals surface area contributed by atoms with Crippen molar-refractivity contribution in [3.8, 4) is 0 Å². The van der Waals surface area contributed by atoms with Gasteiger partial charge in [-0.15, -0.1) is 0 Å². The molecule has 0 fully saturated rings. The van der Waals surface area contributed by atoms with E-state index in [2.05, 4.69) is 13.2 Å². The molecule has 0 unspecified atom stereocenters. The Morgan fingerprint density at radius 3 is 0.800 bits per heavy atom. The van der Waals surface area contributed by atoms with Crippen LogP contribution in [0.5, 0.6) is 0 Å². The van der Waals surface area contributed by atoms with Crippen LogP contribution in [0.15, 0.2) is 0 Å². The van der Waals surface area contributed by atoms with Gasteiger partial charge >= 0.3 is 131 Å². The molecular formula is C8H16F2Hf2N4O4. The maximum absolute atomic E-state index is 10.2. The van der Waals surface area contributed by atoms with Crippen molar-refractivity contribution in [1.82, 2.24) is 13.2 Å². The summed E-state index contributed by atoms with van der Waals surface area (Å²) in [6, 6.07) is 0. The third-order valence-corrected chi connectivity index (χ3v) is 7.81. The Kier molecular flexibility index (Phi) is 25.7. The number of amides is 4. The molecule has 0 heterocycles. The van der Waals surface area contributed by atoms with Crippen LogP contribution in [0.1, 0.15) is 27.7 Å². The normalized spacial score (nSPS) is 6.60. The predicted octanol–water partition coefficient (Wildman–Crippen LogP) is -7.65. The number of hydrogen-bond acceptors (Lipinski definition) is 4. The Labute approximate surface area is 139 Å². The monoisotopic (exact) mass is 630 g/mol. The van der Waals surface area contributed by atoms with Crippen LogP contribution in [0.2, 0.25) is 0 Å². The molecule has 0 saturated heterocycles. The number of hydrogen-bond donors (Lipinski definition) is 4. The minimum absolute atomic E-state index is 0. The zero-order chi connectivity index (χ0) is 14.6. The first-order valence-corrected chi connectivity index (χ1v) is 12.0. The van der Waals surface area contributed by atoms with E-state index in [4.69, 9.17) is 0 Å². The zero-order valence-corrected chi connectivity index (χ0v) is 18.6. The molecule has 0 bridgehead atoms. The summed E-state index contributed by atoms with van der Waals surface area (Å²) in [5.74, 6) is -0.252. The summed E-state index contributed by atoms with van der Waals surface area (Å²) in [6.07, 6.45) is 0. The molecule has 0 rings (SSSR count). The minimum Gasteiger partial charge on any atom is -1.00 e. The molecule has 4 amide bonds. The van der Waals surface area contributed by atoms with Gasteiger partial charge in [-0.1, -0.05) is 0 Å². The van der Waals surface area contributed by atoms with Gasteiger partial charge in [-0.2, -0.15) is 0 Å². The zero-order valence-electron chi connectivity index (χ0n) is 11.4. The van der Waals surface area contributed by atoms with Gasteiger partial charge in [0.1, 0.15) is 0 Å². The van der Waals surface area contributed by atoms with Gasteiger partial charge in [0.2, 0.25) is 0 Å². The van der Waals surface area contributed by atoms with E-state index >= 15 is 0 Å². The summed E-state index contributed by atoms with van der Waals surface area (Å²) >= 11 is -2.64. The third kappa shape index (κ3) is 36.0. The van der Waals surface area contributed by atoms with Crippen LogP contribution in [-0.2, 0) is 66.1 Å². The summed E-state index contributed by atoms with van der Waals surface area (Å²) < 4.78 is 10.4. The van der Waals surface area contributed by atoms with Crippen LogP contribution < -0.4 is 22.6 Å². The van der Waals surface area contributed by atoms with E-state index < -0.39 is 47.0 Å². The Bertz CT molecular complexity index is 263. The number of rotatable bonds is 4. The van der Waals surface area contributed by atoms with E-state index in [1.54, 1.807) is 0 Å². The second kappa shape index (κ2) is 18.5. The fourth-order valence-corrected chi connectivity index (χ4v) is 3.39. The van der Waals surface area contributed by atoms with Crippen molar-refractivity contribution in [1.29, 1.82) is 0 Å². The Morgan fingerprint density at radius 1 is 0.550 bits per heavy atom. The van der Waals surface area contributed by atoms with Gasteiger partial charge in [0.05, 0.1) is 0 Å². The molecule has 114 valence electrons. The molecule has 4 N–H and O–H groups in total. The van der Waals surface area contributed by atoms with Gasteiger partial charge < -0.3 is 9.41 Å². The van der Waals surface area contributed by atoms with E-state index in [0.29, 0.717) is 0 Å². The summed E-state index contributed by atoms with van der Waals surface area (Å²) in [6.45, 7) is 5.76. The molecule has 0 radical (unpaired) electrons. The molecule has 0 aromatic carbocycles. The van der Waals surface area contributed by atoms with Crippen molar-refractivity contribution >= 4 is 23.6 Å². The summed E-state index contributed by atoms with van der Waals surface area (Å²) in [5, 5.41) is 0. The van der Waals surface area contributed by atoms with Crippen molar-refractivity contribution in [3.63, 3.8) is 0 Å². The largest absolute Gasteiger partial charge is 1.00 e. The number of carbonyl (C=O) groups excluding carboxylic acids is 4. The van der Waals surface area contributed by atoms with Gasteiger partial charge in [0.15, 0.2) is 0 Å². The maximum atomic E-state index is 10.2. The van der Waals surface area contributed by atoms with E-state index in [9.17, 15) is 19.2 Å². The number of nitrogens with one attached hydrogen (secondary N) is 4. The molecular weight excluding hydrogens is 611 g/mol. The van der Waals surface area contributed by atoms with Crippen LogP contribution >= 0.6 is 0 Å². The van der Waals surface area contributed by atoms with E-state index in [0.717, 1.165) is 0 Å². The predicted molar refractivity (Wildman–Crippen MR) is 55.3 cm³/mol. The summed E-state index contributed by atoms with van der Waals surface area (Å²) in [7, 11) is 0. The van der Waals surface area contributed by atoms with E-state index in [-0.39, 0.29) is 33.0 Å². The van der Waals surface area contributed by atoms with Crippen LogP contribution in [0, 0.1) is 0 Å². The van der Waals surface area contributed by atoms with Crippen molar-refractivity contribution in [2.45, 2.75) is 27.7 Å². The molecule has 0 spiro atoms. The van der Waals surface area contributed by atoms with Crippen molar-refractivity contribution in [2.75, 3.05) is 0 Å². The Morgan fingerprint density at radius 2 is 0.700 bits per heavy atom.